The Morgan fingerprint density at radius 2 is 1.47 bits per heavy atom. The minimum absolute atomic E-state index is 0.0244. The van der Waals surface area contributed by atoms with Crippen LogP contribution in [-0.4, -0.2) is 40.6 Å². The van der Waals surface area contributed by atoms with Crippen LogP contribution in [0, 0.1) is 20.8 Å². The van der Waals surface area contributed by atoms with Crippen molar-refractivity contribution in [3.8, 4) is 0 Å². The number of aliphatic carboxylic acids is 1. The molecule has 8 heteroatoms. The summed E-state index contributed by atoms with van der Waals surface area (Å²) in [5.74, 6) is -2.39. The third-order valence-corrected chi connectivity index (χ3v) is 5.81. The van der Waals surface area contributed by atoms with E-state index in [1.165, 1.54) is 6.07 Å². The van der Waals surface area contributed by atoms with Crippen molar-refractivity contribution in [2.45, 2.75) is 52.7 Å². The number of ether oxygens (including phenoxy) is 1. The van der Waals surface area contributed by atoms with Gasteiger partial charge in [-0.25, -0.2) is 9.59 Å². The lowest BCUT2D eigenvalue weighted by molar-refractivity contribution is -0.145. The normalized spacial score (nSPS) is 13.2. The average molecular weight is 492 g/mol. The summed E-state index contributed by atoms with van der Waals surface area (Å²) in [6.45, 7) is 10.4. The first-order valence-electron chi connectivity index (χ1n) is 11.6. The van der Waals surface area contributed by atoms with Crippen molar-refractivity contribution in [3.63, 3.8) is 0 Å². The molecule has 2 amide bonds. The smallest absolute Gasteiger partial charge is 0.334 e. The molecular weight excluding hydrogens is 458 g/mol. The van der Waals surface area contributed by atoms with Crippen LogP contribution < -0.4 is 16.4 Å². The molecular formula is C28H33N3O5. The van der Waals surface area contributed by atoms with Crippen molar-refractivity contribution in [3.05, 3.63) is 70.8 Å². The van der Waals surface area contributed by atoms with Crippen LogP contribution in [0.5, 0.6) is 0 Å². The van der Waals surface area contributed by atoms with E-state index in [2.05, 4.69) is 10.6 Å². The Balaban J connectivity index is 2.03. The van der Waals surface area contributed by atoms with E-state index in [-0.39, 0.29) is 11.3 Å². The molecule has 0 heterocycles. The lowest BCUT2D eigenvalue weighted by Crippen LogP contribution is -2.59. The van der Waals surface area contributed by atoms with Gasteiger partial charge in [-0.1, -0.05) is 42.0 Å². The SMILES string of the molecule is Cc1cc(C)c(NC(=O)Nc2cc3ccccc3cc2C(=O)[C@](N)(COC(C)(C)C)C(=O)O)c(C)c1. The lowest BCUT2D eigenvalue weighted by Gasteiger charge is -2.29. The number of hydrogen-bond acceptors (Lipinski definition) is 5. The molecule has 0 spiro atoms. The Morgan fingerprint density at radius 3 is 2.00 bits per heavy atom. The van der Waals surface area contributed by atoms with Crippen LogP contribution in [0.3, 0.4) is 0 Å². The van der Waals surface area contributed by atoms with E-state index in [0.29, 0.717) is 11.1 Å². The summed E-state index contributed by atoms with van der Waals surface area (Å²) >= 11 is 0. The molecule has 5 N–H and O–H groups in total. The van der Waals surface area contributed by atoms with Crippen LogP contribution >= 0.6 is 0 Å². The number of benzene rings is 3. The predicted molar refractivity (Wildman–Crippen MR) is 142 cm³/mol. The number of hydrogen-bond donors (Lipinski definition) is 4. The predicted octanol–water partition coefficient (Wildman–Crippen LogP) is 5.19. The van der Waals surface area contributed by atoms with Crippen molar-refractivity contribution >= 4 is 39.9 Å². The summed E-state index contributed by atoms with van der Waals surface area (Å²) < 4.78 is 5.60. The summed E-state index contributed by atoms with van der Waals surface area (Å²) in [5, 5.41) is 16.9. The van der Waals surface area contributed by atoms with Gasteiger partial charge in [0.25, 0.3) is 0 Å². The van der Waals surface area contributed by atoms with E-state index < -0.39 is 35.5 Å². The first-order chi connectivity index (χ1) is 16.7. The van der Waals surface area contributed by atoms with Gasteiger partial charge in [-0.3, -0.25) is 4.79 Å². The summed E-state index contributed by atoms with van der Waals surface area (Å²) in [5.41, 5.74) is 6.71. The Labute approximate surface area is 210 Å². The van der Waals surface area contributed by atoms with Gasteiger partial charge in [0.1, 0.15) is 0 Å². The molecule has 36 heavy (non-hydrogen) atoms. The molecule has 3 rings (SSSR count). The quantitative estimate of drug-likeness (QED) is 0.266. The van der Waals surface area contributed by atoms with Gasteiger partial charge in [-0.05, 0) is 75.6 Å². The zero-order chi connectivity index (χ0) is 26.8. The highest BCUT2D eigenvalue weighted by Gasteiger charge is 2.45. The number of Topliss-reactive ketones (excluding diaryl/α,β-unsaturated/α-hetero) is 1. The molecule has 0 aliphatic carbocycles. The number of ketones is 1. The van der Waals surface area contributed by atoms with Crippen molar-refractivity contribution in [2.24, 2.45) is 5.73 Å². The number of rotatable bonds is 7. The number of urea groups is 1. The second-order valence-corrected chi connectivity index (χ2v) is 10.1. The molecule has 1 atom stereocenters. The topological polar surface area (TPSA) is 131 Å². The number of fused-ring (bicyclic) bond motifs is 1. The van der Waals surface area contributed by atoms with Gasteiger partial charge in [0.15, 0.2) is 5.78 Å². The van der Waals surface area contributed by atoms with Gasteiger partial charge in [0, 0.05) is 11.3 Å². The highest BCUT2D eigenvalue weighted by atomic mass is 16.5. The molecule has 0 aliphatic heterocycles. The molecule has 0 aliphatic rings. The van der Waals surface area contributed by atoms with Crippen molar-refractivity contribution < 1.29 is 24.2 Å². The minimum Gasteiger partial charge on any atom is -0.479 e. The summed E-state index contributed by atoms with van der Waals surface area (Å²) in [7, 11) is 0. The van der Waals surface area contributed by atoms with E-state index in [1.807, 2.05) is 45.0 Å². The average Bonchev–Trinajstić information content (AvgIpc) is 2.78. The molecule has 0 saturated carbocycles. The standard InChI is InChI=1S/C28H33N3O5/c1-16-11-17(2)23(18(3)12-16)31-26(35)30-22-14-20-10-8-7-9-19(20)13-21(22)24(32)28(29,25(33)34)15-36-27(4,5)6/h7-14H,15,29H2,1-6H3,(H,33,34)(H2,30,31,35)/t28-/m1/s1. The van der Waals surface area contributed by atoms with Crippen molar-refractivity contribution in [1.82, 2.24) is 0 Å². The van der Waals surface area contributed by atoms with Crippen LogP contribution in [0.25, 0.3) is 10.8 Å². The fourth-order valence-corrected chi connectivity index (χ4v) is 3.97. The van der Waals surface area contributed by atoms with E-state index in [1.54, 1.807) is 39.0 Å². The number of nitrogens with two attached hydrogens (primary N) is 1. The summed E-state index contributed by atoms with van der Waals surface area (Å²) in [4.78, 5) is 38.8. The monoisotopic (exact) mass is 491 g/mol. The van der Waals surface area contributed by atoms with E-state index in [0.717, 1.165) is 22.1 Å². The molecule has 190 valence electrons. The van der Waals surface area contributed by atoms with E-state index in [9.17, 15) is 19.5 Å². The number of carboxylic acid groups (broad SMARTS) is 1. The molecule has 0 saturated heterocycles. The Kier molecular flexibility index (Phi) is 7.52. The van der Waals surface area contributed by atoms with Crippen LogP contribution in [0.4, 0.5) is 16.2 Å². The second kappa shape index (κ2) is 10.1. The Morgan fingerprint density at radius 1 is 0.917 bits per heavy atom. The highest BCUT2D eigenvalue weighted by Crippen LogP contribution is 2.29. The number of amides is 2. The van der Waals surface area contributed by atoms with E-state index >= 15 is 0 Å². The molecule has 0 aromatic heterocycles. The highest BCUT2D eigenvalue weighted by molar-refractivity contribution is 6.20. The Hall–Kier alpha value is -3.75. The fraction of sp³-hybridized carbons (Fsp3) is 0.321. The first-order valence-corrected chi connectivity index (χ1v) is 11.6. The molecule has 0 unspecified atom stereocenters. The largest absolute Gasteiger partial charge is 0.479 e. The zero-order valence-corrected chi connectivity index (χ0v) is 21.5. The number of anilines is 2. The van der Waals surface area contributed by atoms with Gasteiger partial charge in [-0.15, -0.1) is 0 Å². The molecule has 0 radical (unpaired) electrons. The van der Waals surface area contributed by atoms with Crippen LogP contribution in [-0.2, 0) is 9.53 Å². The number of aryl methyl sites for hydroxylation is 3. The molecule has 3 aromatic carbocycles. The van der Waals surface area contributed by atoms with Gasteiger partial charge < -0.3 is 26.2 Å². The molecule has 3 aromatic rings. The van der Waals surface area contributed by atoms with Gasteiger partial charge >= 0.3 is 12.0 Å². The third kappa shape index (κ3) is 5.90. The summed E-state index contributed by atoms with van der Waals surface area (Å²) in [6.07, 6.45) is 0. The van der Waals surface area contributed by atoms with Gasteiger partial charge in [-0.2, -0.15) is 0 Å². The number of nitrogens with one attached hydrogen (secondary N) is 2. The van der Waals surface area contributed by atoms with Crippen molar-refractivity contribution in [1.29, 1.82) is 0 Å². The first kappa shape index (κ1) is 26.8. The van der Waals surface area contributed by atoms with Crippen LogP contribution in [0.2, 0.25) is 0 Å². The maximum atomic E-state index is 13.6. The maximum Gasteiger partial charge on any atom is 0.334 e. The lowest BCUT2D eigenvalue weighted by atomic mass is 9.88. The van der Waals surface area contributed by atoms with Crippen molar-refractivity contribution in [2.75, 3.05) is 17.2 Å². The number of carboxylic acids is 1. The van der Waals surface area contributed by atoms with Crippen LogP contribution in [0.1, 0.15) is 47.8 Å². The summed E-state index contributed by atoms with van der Waals surface area (Å²) in [6, 6.07) is 13.8. The van der Waals surface area contributed by atoms with E-state index in [4.69, 9.17) is 10.5 Å². The number of carbonyl (C=O) groups is 3. The fourth-order valence-electron chi connectivity index (χ4n) is 3.97. The van der Waals surface area contributed by atoms with Crippen LogP contribution in [0.15, 0.2) is 48.5 Å². The minimum atomic E-state index is -2.35. The Bertz CT molecular complexity index is 1320. The maximum absolute atomic E-state index is 13.6. The number of carbonyl (C=O) groups excluding carboxylic acids is 2. The molecule has 8 nitrogen and oxygen atoms in total. The third-order valence-electron chi connectivity index (χ3n) is 5.81. The van der Waals surface area contributed by atoms with Gasteiger partial charge in [0.05, 0.1) is 17.9 Å². The molecule has 0 bridgehead atoms. The second-order valence-electron chi connectivity index (χ2n) is 10.1. The van der Waals surface area contributed by atoms with Gasteiger partial charge in [0.2, 0.25) is 5.54 Å². The zero-order valence-electron chi connectivity index (χ0n) is 21.5. The molecule has 0 fully saturated rings.